The monoisotopic (exact) mass is 282 g/mol. The number of aromatic nitrogens is 3. The van der Waals surface area contributed by atoms with Crippen LogP contribution in [0.25, 0.3) is 9.88 Å². The summed E-state index contributed by atoms with van der Waals surface area (Å²) in [5, 5.41) is 14.3. The quantitative estimate of drug-likeness (QED) is 0.935. The van der Waals surface area contributed by atoms with Crippen LogP contribution in [-0.2, 0) is 11.8 Å². The summed E-state index contributed by atoms with van der Waals surface area (Å²) in [7, 11) is 1.86. The van der Waals surface area contributed by atoms with E-state index in [-0.39, 0.29) is 5.41 Å². The van der Waals surface area contributed by atoms with Gasteiger partial charge in [0, 0.05) is 12.5 Å². The highest BCUT2D eigenvalue weighted by atomic mass is 32.1. The molecule has 2 aromatic rings. The van der Waals surface area contributed by atoms with E-state index in [1.165, 1.54) is 4.88 Å². The molecule has 98 valence electrons. The molecule has 0 unspecified atom stereocenters. The van der Waals surface area contributed by atoms with Crippen LogP contribution in [0.4, 0.5) is 5.13 Å². The second kappa shape index (κ2) is 4.93. The molecule has 0 saturated carbocycles. The molecule has 0 spiro atoms. The number of hydrogen-bond donors (Lipinski definition) is 1. The summed E-state index contributed by atoms with van der Waals surface area (Å²) < 4.78 is 0. The predicted octanol–water partition coefficient (Wildman–Crippen LogP) is 3.56. The molecule has 0 fully saturated rings. The van der Waals surface area contributed by atoms with Gasteiger partial charge in [-0.2, -0.15) is 0 Å². The standard InChI is InChI=1S/C12H18N4S2/c1-6-7-8(9-15-16-11(13-5)18-9)17-10(14-7)12(2,3)4/h6H2,1-5H3,(H,13,16). The zero-order chi connectivity index (χ0) is 13.3. The van der Waals surface area contributed by atoms with Crippen molar-refractivity contribution in [2.45, 2.75) is 39.5 Å². The van der Waals surface area contributed by atoms with Crippen LogP contribution in [0.3, 0.4) is 0 Å². The zero-order valence-corrected chi connectivity index (χ0v) is 13.0. The molecule has 1 N–H and O–H groups in total. The second-order valence-electron chi connectivity index (χ2n) is 5.06. The molecule has 2 rings (SSSR count). The van der Waals surface area contributed by atoms with Crippen molar-refractivity contribution in [1.82, 2.24) is 15.2 Å². The maximum atomic E-state index is 4.75. The molecule has 4 nitrogen and oxygen atoms in total. The molecule has 0 aliphatic heterocycles. The maximum absolute atomic E-state index is 4.75. The smallest absolute Gasteiger partial charge is 0.205 e. The topological polar surface area (TPSA) is 50.7 Å². The van der Waals surface area contributed by atoms with Gasteiger partial charge in [-0.15, -0.1) is 21.5 Å². The third-order valence-corrected chi connectivity index (χ3v) is 5.12. The third-order valence-electron chi connectivity index (χ3n) is 2.51. The Morgan fingerprint density at radius 1 is 1.17 bits per heavy atom. The summed E-state index contributed by atoms with van der Waals surface area (Å²) in [5.74, 6) is 0. The first-order chi connectivity index (χ1) is 8.45. The molecule has 0 aromatic carbocycles. The van der Waals surface area contributed by atoms with Crippen molar-refractivity contribution in [3.8, 4) is 9.88 Å². The van der Waals surface area contributed by atoms with Crippen molar-refractivity contribution in [3.63, 3.8) is 0 Å². The number of hydrogen-bond acceptors (Lipinski definition) is 6. The third kappa shape index (κ3) is 2.54. The van der Waals surface area contributed by atoms with Gasteiger partial charge in [-0.1, -0.05) is 39.0 Å². The fourth-order valence-electron chi connectivity index (χ4n) is 1.50. The van der Waals surface area contributed by atoms with Crippen LogP contribution in [0.15, 0.2) is 0 Å². The first kappa shape index (κ1) is 13.4. The average Bonchev–Trinajstić information content (AvgIpc) is 2.93. The van der Waals surface area contributed by atoms with Crippen LogP contribution in [0.2, 0.25) is 0 Å². The molecular weight excluding hydrogens is 264 g/mol. The Bertz CT molecular complexity index is 537. The minimum absolute atomic E-state index is 0.0867. The SMILES string of the molecule is CCc1nc(C(C)(C)C)sc1-c1nnc(NC)s1. The number of anilines is 1. The van der Waals surface area contributed by atoms with Crippen LogP contribution in [0, 0.1) is 0 Å². The molecule has 0 atom stereocenters. The van der Waals surface area contributed by atoms with Gasteiger partial charge in [-0.3, -0.25) is 0 Å². The Kier molecular flexibility index (Phi) is 3.68. The van der Waals surface area contributed by atoms with Crippen molar-refractivity contribution in [2.75, 3.05) is 12.4 Å². The number of nitrogens with zero attached hydrogens (tertiary/aromatic N) is 3. The lowest BCUT2D eigenvalue weighted by Crippen LogP contribution is -2.10. The number of rotatable bonds is 3. The summed E-state index contributed by atoms with van der Waals surface area (Å²) in [6, 6.07) is 0. The van der Waals surface area contributed by atoms with Crippen LogP contribution in [-0.4, -0.2) is 22.2 Å². The Morgan fingerprint density at radius 2 is 1.89 bits per heavy atom. The fraction of sp³-hybridized carbons (Fsp3) is 0.583. The van der Waals surface area contributed by atoms with E-state index in [0.717, 1.165) is 27.3 Å². The lowest BCUT2D eigenvalue weighted by atomic mass is 9.98. The van der Waals surface area contributed by atoms with Crippen molar-refractivity contribution in [3.05, 3.63) is 10.7 Å². The van der Waals surface area contributed by atoms with Gasteiger partial charge in [0.15, 0.2) is 5.01 Å². The van der Waals surface area contributed by atoms with Gasteiger partial charge in [0.05, 0.1) is 15.6 Å². The normalized spacial score (nSPS) is 11.8. The maximum Gasteiger partial charge on any atom is 0.205 e. The van der Waals surface area contributed by atoms with E-state index >= 15 is 0 Å². The Morgan fingerprint density at radius 3 is 2.39 bits per heavy atom. The van der Waals surface area contributed by atoms with Crippen LogP contribution >= 0.6 is 22.7 Å². The van der Waals surface area contributed by atoms with Gasteiger partial charge in [0.2, 0.25) is 5.13 Å². The van der Waals surface area contributed by atoms with Crippen LogP contribution in [0.1, 0.15) is 38.4 Å². The molecule has 18 heavy (non-hydrogen) atoms. The highest BCUT2D eigenvalue weighted by molar-refractivity contribution is 7.23. The molecule has 0 aliphatic rings. The van der Waals surface area contributed by atoms with Gasteiger partial charge in [-0.25, -0.2) is 4.98 Å². The second-order valence-corrected chi connectivity index (χ2v) is 7.04. The van der Waals surface area contributed by atoms with E-state index in [1.807, 2.05) is 7.05 Å². The molecule has 0 amide bonds. The van der Waals surface area contributed by atoms with E-state index in [2.05, 4.69) is 43.2 Å². The average molecular weight is 282 g/mol. The summed E-state index contributed by atoms with van der Waals surface area (Å²) in [5.41, 5.74) is 1.22. The predicted molar refractivity (Wildman–Crippen MR) is 78.6 cm³/mol. The number of nitrogens with one attached hydrogen (secondary N) is 1. The fourth-order valence-corrected chi connectivity index (χ4v) is 3.50. The van der Waals surface area contributed by atoms with E-state index in [9.17, 15) is 0 Å². The lowest BCUT2D eigenvalue weighted by molar-refractivity contribution is 0.583. The minimum atomic E-state index is 0.0867. The summed E-state index contributed by atoms with van der Waals surface area (Å²) >= 11 is 3.31. The highest BCUT2D eigenvalue weighted by Gasteiger charge is 2.23. The van der Waals surface area contributed by atoms with Crippen molar-refractivity contribution in [2.24, 2.45) is 0 Å². The van der Waals surface area contributed by atoms with Crippen molar-refractivity contribution >= 4 is 27.8 Å². The Hall–Kier alpha value is -1.01. The van der Waals surface area contributed by atoms with E-state index in [1.54, 1.807) is 22.7 Å². The zero-order valence-electron chi connectivity index (χ0n) is 11.4. The lowest BCUT2D eigenvalue weighted by Gasteiger charge is -2.13. The molecule has 2 heterocycles. The molecule has 2 aromatic heterocycles. The van der Waals surface area contributed by atoms with E-state index in [0.29, 0.717) is 0 Å². The van der Waals surface area contributed by atoms with Gasteiger partial charge in [0.1, 0.15) is 0 Å². The summed E-state index contributed by atoms with van der Waals surface area (Å²) in [6.07, 6.45) is 0.927. The van der Waals surface area contributed by atoms with Crippen molar-refractivity contribution in [1.29, 1.82) is 0 Å². The highest BCUT2D eigenvalue weighted by Crippen LogP contribution is 2.38. The Labute approximate surface area is 116 Å². The van der Waals surface area contributed by atoms with Crippen LogP contribution in [0.5, 0.6) is 0 Å². The van der Waals surface area contributed by atoms with E-state index in [4.69, 9.17) is 4.98 Å². The van der Waals surface area contributed by atoms with Crippen LogP contribution < -0.4 is 5.32 Å². The van der Waals surface area contributed by atoms with Gasteiger partial charge >= 0.3 is 0 Å². The largest absolute Gasteiger partial charge is 0.363 e. The van der Waals surface area contributed by atoms with Gasteiger partial charge in [-0.05, 0) is 6.42 Å². The first-order valence-electron chi connectivity index (χ1n) is 5.97. The Balaban J connectivity index is 2.46. The first-order valence-corrected chi connectivity index (χ1v) is 7.60. The van der Waals surface area contributed by atoms with E-state index < -0.39 is 0 Å². The summed E-state index contributed by atoms with van der Waals surface area (Å²) in [6.45, 7) is 8.70. The molecule has 0 bridgehead atoms. The molecule has 0 aliphatic carbocycles. The molecule has 0 radical (unpaired) electrons. The molecule has 0 saturated heterocycles. The number of thiazole rings is 1. The molecule has 6 heteroatoms. The summed E-state index contributed by atoms with van der Waals surface area (Å²) in [4.78, 5) is 5.92. The van der Waals surface area contributed by atoms with Crippen molar-refractivity contribution < 1.29 is 0 Å². The minimum Gasteiger partial charge on any atom is -0.363 e. The molecular formula is C12H18N4S2. The number of aryl methyl sites for hydroxylation is 1. The van der Waals surface area contributed by atoms with Gasteiger partial charge in [0.25, 0.3) is 0 Å². The van der Waals surface area contributed by atoms with Gasteiger partial charge < -0.3 is 5.32 Å².